The molecule has 146 valence electrons. The summed E-state index contributed by atoms with van der Waals surface area (Å²) in [6.45, 7) is 0. The van der Waals surface area contributed by atoms with E-state index in [1.165, 1.54) is 0 Å². The summed E-state index contributed by atoms with van der Waals surface area (Å²) in [7, 11) is -1.32. The van der Waals surface area contributed by atoms with Crippen molar-refractivity contribution in [3.63, 3.8) is 0 Å². The SMILES string of the molecule is O=S(c1ccccc1)[C@H]1[C@@H](C(O)(c2ccccc2)c2ccccc2)[C@H]2C=C[C@@H]1O2. The van der Waals surface area contributed by atoms with Crippen LogP contribution in [0.5, 0.6) is 0 Å². The van der Waals surface area contributed by atoms with Gasteiger partial charge in [-0.1, -0.05) is 91.0 Å². The summed E-state index contributed by atoms with van der Waals surface area (Å²) in [5.41, 5.74) is 0.258. The number of fused-ring (bicyclic) bond motifs is 2. The first kappa shape index (κ1) is 18.5. The van der Waals surface area contributed by atoms with E-state index in [1.54, 1.807) is 0 Å². The van der Waals surface area contributed by atoms with E-state index in [2.05, 4.69) is 0 Å². The van der Waals surface area contributed by atoms with Crippen molar-refractivity contribution >= 4 is 10.8 Å². The maximum Gasteiger partial charge on any atom is 0.121 e. The summed E-state index contributed by atoms with van der Waals surface area (Å²) in [5, 5.41) is 11.9. The molecule has 4 heteroatoms. The molecule has 1 unspecified atom stereocenters. The van der Waals surface area contributed by atoms with Gasteiger partial charge in [0.1, 0.15) is 5.60 Å². The largest absolute Gasteiger partial charge is 0.380 e. The molecule has 3 aromatic carbocycles. The van der Waals surface area contributed by atoms with Gasteiger partial charge in [-0.05, 0) is 23.3 Å². The highest BCUT2D eigenvalue weighted by atomic mass is 32.2. The Bertz CT molecular complexity index is 994. The molecule has 0 amide bonds. The Labute approximate surface area is 173 Å². The summed E-state index contributed by atoms with van der Waals surface area (Å²) in [5.74, 6) is -0.372. The maximum atomic E-state index is 13.6. The molecule has 2 heterocycles. The zero-order chi connectivity index (χ0) is 19.8. The van der Waals surface area contributed by atoms with Crippen molar-refractivity contribution in [1.29, 1.82) is 0 Å². The van der Waals surface area contributed by atoms with E-state index >= 15 is 0 Å². The molecule has 0 aromatic heterocycles. The second-order valence-corrected chi connectivity index (χ2v) is 9.16. The number of ether oxygens (including phenoxy) is 1. The fourth-order valence-corrected chi connectivity index (χ4v) is 6.41. The molecule has 3 nitrogen and oxygen atoms in total. The van der Waals surface area contributed by atoms with E-state index in [0.29, 0.717) is 0 Å². The minimum Gasteiger partial charge on any atom is -0.380 e. The average molecular weight is 403 g/mol. The third-order valence-electron chi connectivity index (χ3n) is 5.97. The number of hydrogen-bond donors (Lipinski definition) is 1. The van der Waals surface area contributed by atoms with Crippen molar-refractivity contribution < 1.29 is 14.1 Å². The highest BCUT2D eigenvalue weighted by Crippen LogP contribution is 2.50. The lowest BCUT2D eigenvalue weighted by atomic mass is 9.71. The minimum atomic E-state index is -1.32. The van der Waals surface area contributed by atoms with Crippen molar-refractivity contribution in [2.45, 2.75) is 28.0 Å². The number of aliphatic hydroxyl groups is 1. The highest BCUT2D eigenvalue weighted by molar-refractivity contribution is 7.85. The maximum absolute atomic E-state index is 13.6. The van der Waals surface area contributed by atoms with Gasteiger partial charge in [-0.15, -0.1) is 0 Å². The Morgan fingerprint density at radius 3 is 1.76 bits per heavy atom. The predicted molar refractivity (Wildman–Crippen MR) is 114 cm³/mol. The summed E-state index contributed by atoms with van der Waals surface area (Å²) in [6.07, 6.45) is 3.43. The molecule has 29 heavy (non-hydrogen) atoms. The highest BCUT2D eigenvalue weighted by Gasteiger charge is 2.58. The van der Waals surface area contributed by atoms with Gasteiger partial charge in [0.2, 0.25) is 0 Å². The molecule has 2 aliphatic heterocycles. The van der Waals surface area contributed by atoms with Crippen LogP contribution in [-0.4, -0.2) is 26.8 Å². The standard InChI is InChI=1S/C25H22O3S/c26-25(18-10-4-1-5-11-18,19-12-6-2-7-13-19)23-21-16-17-22(28-21)24(23)29(27)20-14-8-3-9-15-20/h1-17,21-24,26H/t21-,22+,23+,24-,29?/m1/s1. The van der Waals surface area contributed by atoms with Gasteiger partial charge in [-0.3, -0.25) is 4.21 Å². The first-order chi connectivity index (χ1) is 14.2. The van der Waals surface area contributed by atoms with Gasteiger partial charge in [0, 0.05) is 10.8 Å². The van der Waals surface area contributed by atoms with Gasteiger partial charge in [0.25, 0.3) is 0 Å². The van der Waals surface area contributed by atoms with Crippen LogP contribution in [-0.2, 0) is 21.1 Å². The van der Waals surface area contributed by atoms with E-state index < -0.39 is 16.4 Å². The molecule has 0 spiro atoms. The first-order valence-electron chi connectivity index (χ1n) is 9.82. The molecule has 5 rings (SSSR count). The van der Waals surface area contributed by atoms with Gasteiger partial charge in [0.05, 0.1) is 28.3 Å². The monoisotopic (exact) mass is 402 g/mol. The molecule has 1 fully saturated rings. The number of hydrogen-bond acceptors (Lipinski definition) is 3. The fourth-order valence-electron chi connectivity index (χ4n) is 4.65. The molecular weight excluding hydrogens is 380 g/mol. The van der Waals surface area contributed by atoms with Crippen LogP contribution < -0.4 is 0 Å². The van der Waals surface area contributed by atoms with E-state index in [-0.39, 0.29) is 23.4 Å². The van der Waals surface area contributed by atoms with Crippen LogP contribution in [0.15, 0.2) is 108 Å². The van der Waals surface area contributed by atoms with Crippen LogP contribution in [0.25, 0.3) is 0 Å². The first-order valence-corrected chi connectivity index (χ1v) is 11.0. The second kappa shape index (κ2) is 7.38. The minimum absolute atomic E-state index is 0.273. The van der Waals surface area contributed by atoms with Gasteiger partial charge < -0.3 is 9.84 Å². The van der Waals surface area contributed by atoms with Crippen LogP contribution in [0.2, 0.25) is 0 Å². The van der Waals surface area contributed by atoms with Crippen molar-refractivity contribution in [3.05, 3.63) is 114 Å². The van der Waals surface area contributed by atoms with Crippen LogP contribution in [0.3, 0.4) is 0 Å². The van der Waals surface area contributed by atoms with E-state index in [9.17, 15) is 9.32 Å². The summed E-state index contributed by atoms with van der Waals surface area (Å²) in [4.78, 5) is 0.760. The summed E-state index contributed by atoms with van der Waals surface area (Å²) < 4.78 is 19.8. The lowest BCUT2D eigenvalue weighted by Crippen LogP contribution is -2.48. The van der Waals surface area contributed by atoms with Gasteiger partial charge >= 0.3 is 0 Å². The zero-order valence-corrected chi connectivity index (χ0v) is 16.6. The van der Waals surface area contributed by atoms with Gasteiger partial charge in [-0.25, -0.2) is 0 Å². The van der Waals surface area contributed by atoms with Crippen LogP contribution in [0, 0.1) is 5.92 Å². The smallest absolute Gasteiger partial charge is 0.121 e. The third-order valence-corrected chi connectivity index (χ3v) is 7.76. The van der Waals surface area contributed by atoms with E-state index in [4.69, 9.17) is 4.74 Å². The van der Waals surface area contributed by atoms with Crippen molar-refractivity contribution in [2.75, 3.05) is 0 Å². The summed E-state index contributed by atoms with van der Waals surface area (Å²) >= 11 is 0. The predicted octanol–water partition coefficient (Wildman–Crippen LogP) is 4.05. The molecule has 3 aromatic rings. The quantitative estimate of drug-likeness (QED) is 0.655. The molecular formula is C25H22O3S. The van der Waals surface area contributed by atoms with Gasteiger partial charge in [0.15, 0.2) is 0 Å². The van der Waals surface area contributed by atoms with Crippen LogP contribution in [0.4, 0.5) is 0 Å². The van der Waals surface area contributed by atoms with Crippen molar-refractivity contribution in [2.24, 2.45) is 5.92 Å². The Hall–Kier alpha value is -2.53. The molecule has 0 radical (unpaired) electrons. The van der Waals surface area contributed by atoms with Crippen molar-refractivity contribution in [3.8, 4) is 0 Å². The molecule has 5 atom stereocenters. The van der Waals surface area contributed by atoms with Crippen molar-refractivity contribution in [1.82, 2.24) is 0 Å². The lowest BCUT2D eigenvalue weighted by Gasteiger charge is -2.40. The second-order valence-electron chi connectivity index (χ2n) is 7.55. The molecule has 1 saturated heterocycles. The van der Waals surface area contributed by atoms with E-state index in [0.717, 1.165) is 16.0 Å². The third kappa shape index (κ3) is 2.99. The Morgan fingerprint density at radius 1 is 0.724 bits per heavy atom. The van der Waals surface area contributed by atoms with Crippen LogP contribution >= 0.6 is 0 Å². The molecule has 2 bridgehead atoms. The normalized spacial score (nSPS) is 26.5. The molecule has 0 saturated carbocycles. The van der Waals surface area contributed by atoms with Crippen LogP contribution in [0.1, 0.15) is 11.1 Å². The number of rotatable bonds is 5. The molecule has 1 N–H and O–H groups in total. The Kier molecular flexibility index (Phi) is 4.70. The lowest BCUT2D eigenvalue weighted by molar-refractivity contribution is -0.00764. The average Bonchev–Trinajstić information content (AvgIpc) is 3.42. The Morgan fingerprint density at radius 2 is 1.21 bits per heavy atom. The molecule has 2 aliphatic rings. The Balaban J connectivity index is 1.67. The van der Waals surface area contributed by atoms with Gasteiger partial charge in [-0.2, -0.15) is 0 Å². The number of benzene rings is 3. The topological polar surface area (TPSA) is 46.5 Å². The summed E-state index contributed by atoms with van der Waals surface area (Å²) in [6, 6.07) is 28.8. The molecule has 0 aliphatic carbocycles. The zero-order valence-electron chi connectivity index (χ0n) is 15.8. The fraction of sp³-hybridized carbons (Fsp3) is 0.200. The van der Waals surface area contributed by atoms with E-state index in [1.807, 2.05) is 103 Å².